The molecule has 110 valence electrons. The Labute approximate surface area is 113 Å². The lowest BCUT2D eigenvalue weighted by atomic mass is 9.94. The van der Waals surface area contributed by atoms with Crippen LogP contribution in [0.1, 0.15) is 32.1 Å². The molecule has 0 aromatic carbocycles. The Morgan fingerprint density at radius 2 is 2.00 bits per heavy atom. The summed E-state index contributed by atoms with van der Waals surface area (Å²) in [5.74, 6) is -1.40. The minimum absolute atomic E-state index is 0.145. The van der Waals surface area contributed by atoms with E-state index in [4.69, 9.17) is 15.6 Å². The summed E-state index contributed by atoms with van der Waals surface area (Å²) in [5.41, 5.74) is 6.05. The summed E-state index contributed by atoms with van der Waals surface area (Å²) in [6, 6.07) is -0.158. The van der Waals surface area contributed by atoms with E-state index in [0.29, 0.717) is 13.2 Å². The fraction of sp³-hybridized carbons (Fsp3) is 0.846. The Kier molecular flexibility index (Phi) is 6.80. The molecule has 1 fully saturated rings. The van der Waals surface area contributed by atoms with Crippen molar-refractivity contribution in [2.24, 2.45) is 11.7 Å². The van der Waals surface area contributed by atoms with Crippen LogP contribution < -0.4 is 5.73 Å². The van der Waals surface area contributed by atoms with Crippen molar-refractivity contribution in [3.8, 4) is 0 Å². The molecule has 2 atom stereocenters. The first-order chi connectivity index (χ1) is 9.06. The molecule has 1 amide bonds. The highest BCUT2D eigenvalue weighted by Crippen LogP contribution is 2.24. The van der Waals surface area contributed by atoms with Gasteiger partial charge in [0.05, 0.1) is 12.5 Å². The summed E-state index contributed by atoms with van der Waals surface area (Å²) >= 11 is 0. The number of hydrogen-bond donors (Lipinski definition) is 2. The van der Waals surface area contributed by atoms with Crippen LogP contribution in [-0.2, 0) is 14.3 Å². The molecular weight excluding hydrogens is 248 g/mol. The number of aliphatic carboxylic acids is 1. The molecule has 6 heteroatoms. The lowest BCUT2D eigenvalue weighted by molar-refractivity contribution is -0.147. The highest BCUT2D eigenvalue weighted by Gasteiger charge is 2.31. The fourth-order valence-electron chi connectivity index (χ4n) is 2.51. The highest BCUT2D eigenvalue weighted by atomic mass is 16.5. The van der Waals surface area contributed by atoms with E-state index in [9.17, 15) is 9.59 Å². The number of nitrogens with zero attached hydrogens (tertiary/aromatic N) is 1. The van der Waals surface area contributed by atoms with Gasteiger partial charge in [0.25, 0.3) is 0 Å². The van der Waals surface area contributed by atoms with E-state index < -0.39 is 5.97 Å². The first-order valence-electron chi connectivity index (χ1n) is 6.81. The highest BCUT2D eigenvalue weighted by molar-refractivity contribution is 5.83. The van der Waals surface area contributed by atoms with E-state index in [1.807, 2.05) is 0 Å². The van der Waals surface area contributed by atoms with Crippen molar-refractivity contribution in [1.82, 2.24) is 4.90 Å². The number of rotatable bonds is 6. The van der Waals surface area contributed by atoms with Crippen LogP contribution in [0, 0.1) is 5.92 Å². The molecule has 0 heterocycles. The number of carboxylic acids is 1. The zero-order valence-corrected chi connectivity index (χ0v) is 11.5. The first-order valence-corrected chi connectivity index (χ1v) is 6.81. The minimum atomic E-state index is -1.01. The van der Waals surface area contributed by atoms with Gasteiger partial charge in [0.2, 0.25) is 5.91 Å². The molecule has 1 aliphatic rings. The summed E-state index contributed by atoms with van der Waals surface area (Å²) in [6.45, 7) is 0.344. The second-order valence-corrected chi connectivity index (χ2v) is 5.05. The number of carbonyl (C=O) groups excluding carboxylic acids is 1. The number of methoxy groups -OCH3 is 1. The molecule has 0 aromatic heterocycles. The van der Waals surface area contributed by atoms with Crippen LogP contribution in [0.2, 0.25) is 0 Å². The van der Waals surface area contributed by atoms with Crippen molar-refractivity contribution in [1.29, 1.82) is 0 Å². The number of nitrogens with two attached hydrogens (primary N) is 1. The summed E-state index contributed by atoms with van der Waals surface area (Å²) in [7, 11) is 1.53. The third-order valence-electron chi connectivity index (χ3n) is 3.59. The first kappa shape index (κ1) is 15.9. The van der Waals surface area contributed by atoms with Crippen LogP contribution in [-0.4, -0.2) is 54.7 Å². The topological polar surface area (TPSA) is 92.9 Å². The van der Waals surface area contributed by atoms with Crippen molar-refractivity contribution < 1.29 is 19.4 Å². The van der Waals surface area contributed by atoms with Crippen LogP contribution in [0.3, 0.4) is 0 Å². The maximum Gasteiger partial charge on any atom is 0.323 e. The van der Waals surface area contributed by atoms with Crippen molar-refractivity contribution in [3.05, 3.63) is 0 Å². The van der Waals surface area contributed by atoms with Crippen LogP contribution >= 0.6 is 0 Å². The van der Waals surface area contributed by atoms with Crippen molar-refractivity contribution in [3.63, 3.8) is 0 Å². The van der Waals surface area contributed by atoms with Gasteiger partial charge in [-0.05, 0) is 12.8 Å². The Hall–Kier alpha value is -1.14. The van der Waals surface area contributed by atoms with Gasteiger partial charge in [-0.3, -0.25) is 9.59 Å². The lowest BCUT2D eigenvalue weighted by Gasteiger charge is -2.28. The average Bonchev–Trinajstić information content (AvgIpc) is 2.58. The Balaban J connectivity index is 2.69. The molecule has 0 radical (unpaired) electrons. The number of carboxylic acid groups (broad SMARTS) is 1. The molecule has 0 saturated heterocycles. The van der Waals surface area contributed by atoms with Crippen molar-refractivity contribution in [2.75, 3.05) is 26.8 Å². The second kappa shape index (κ2) is 8.12. The maximum atomic E-state index is 12.4. The summed E-state index contributed by atoms with van der Waals surface area (Å²) < 4.78 is 4.92. The van der Waals surface area contributed by atoms with Crippen LogP contribution in [0.25, 0.3) is 0 Å². The van der Waals surface area contributed by atoms with Gasteiger partial charge in [-0.15, -0.1) is 0 Å². The number of hydrogen-bond acceptors (Lipinski definition) is 4. The third-order valence-corrected chi connectivity index (χ3v) is 3.59. The molecule has 1 aliphatic carbocycles. The van der Waals surface area contributed by atoms with Crippen molar-refractivity contribution in [2.45, 2.75) is 38.1 Å². The predicted molar refractivity (Wildman–Crippen MR) is 70.6 cm³/mol. The molecule has 1 saturated carbocycles. The quantitative estimate of drug-likeness (QED) is 0.685. The van der Waals surface area contributed by atoms with E-state index in [-0.39, 0.29) is 24.4 Å². The largest absolute Gasteiger partial charge is 0.480 e. The van der Waals surface area contributed by atoms with E-state index in [1.54, 1.807) is 0 Å². The van der Waals surface area contributed by atoms with Gasteiger partial charge in [0, 0.05) is 19.7 Å². The Morgan fingerprint density at radius 3 is 2.63 bits per heavy atom. The van der Waals surface area contributed by atoms with Gasteiger partial charge in [-0.1, -0.05) is 19.3 Å². The van der Waals surface area contributed by atoms with Gasteiger partial charge in [-0.2, -0.15) is 0 Å². The lowest BCUT2D eigenvalue weighted by Crippen LogP contribution is -2.46. The molecule has 6 nitrogen and oxygen atoms in total. The zero-order valence-electron chi connectivity index (χ0n) is 11.5. The molecule has 3 N–H and O–H groups in total. The van der Waals surface area contributed by atoms with Gasteiger partial charge < -0.3 is 20.5 Å². The third kappa shape index (κ3) is 5.16. The monoisotopic (exact) mass is 272 g/mol. The SMILES string of the molecule is COCCN(CC(=O)O)C(=O)C1CCCCCC1N. The standard InChI is InChI=1S/C13H24N2O4/c1-19-8-7-15(9-12(16)17)13(18)10-5-3-2-4-6-11(10)14/h10-11H,2-9,14H2,1H3,(H,16,17). The predicted octanol–water partition coefficient (Wildman–Crippen LogP) is 0.454. The molecular formula is C13H24N2O4. The smallest absolute Gasteiger partial charge is 0.323 e. The molecule has 2 unspecified atom stereocenters. The van der Waals surface area contributed by atoms with E-state index in [0.717, 1.165) is 32.1 Å². The van der Waals surface area contributed by atoms with Crippen LogP contribution in [0.15, 0.2) is 0 Å². The number of carbonyl (C=O) groups is 2. The van der Waals surface area contributed by atoms with Gasteiger partial charge in [0.15, 0.2) is 0 Å². The van der Waals surface area contributed by atoms with E-state index >= 15 is 0 Å². The van der Waals surface area contributed by atoms with Crippen molar-refractivity contribution >= 4 is 11.9 Å². The minimum Gasteiger partial charge on any atom is -0.480 e. The Morgan fingerprint density at radius 1 is 1.32 bits per heavy atom. The Bertz CT molecular complexity index is 309. The van der Waals surface area contributed by atoms with Gasteiger partial charge >= 0.3 is 5.97 Å². The normalized spacial score (nSPS) is 23.7. The maximum absolute atomic E-state index is 12.4. The number of amides is 1. The molecule has 0 aliphatic heterocycles. The van der Waals surface area contributed by atoms with Gasteiger partial charge in [0.1, 0.15) is 6.54 Å². The second-order valence-electron chi connectivity index (χ2n) is 5.05. The van der Waals surface area contributed by atoms with Crippen LogP contribution in [0.4, 0.5) is 0 Å². The summed E-state index contributed by atoms with van der Waals surface area (Å²) in [5, 5.41) is 8.89. The molecule has 0 bridgehead atoms. The molecule has 19 heavy (non-hydrogen) atoms. The summed E-state index contributed by atoms with van der Waals surface area (Å²) in [6.07, 6.45) is 4.70. The fourth-order valence-corrected chi connectivity index (χ4v) is 2.51. The van der Waals surface area contributed by atoms with E-state index in [2.05, 4.69) is 0 Å². The summed E-state index contributed by atoms with van der Waals surface area (Å²) in [4.78, 5) is 24.6. The molecule has 0 aromatic rings. The van der Waals surface area contributed by atoms with Gasteiger partial charge in [-0.25, -0.2) is 0 Å². The van der Waals surface area contributed by atoms with E-state index in [1.165, 1.54) is 12.0 Å². The van der Waals surface area contributed by atoms with Crippen LogP contribution in [0.5, 0.6) is 0 Å². The average molecular weight is 272 g/mol. The molecule has 0 spiro atoms. The zero-order chi connectivity index (χ0) is 14.3. The number of ether oxygens (including phenoxy) is 1. The molecule has 1 rings (SSSR count).